The van der Waals surface area contributed by atoms with Crippen LogP contribution in [0.3, 0.4) is 0 Å². The first-order chi connectivity index (χ1) is 18.1. The molecule has 1 atom stereocenters. The molecule has 1 aliphatic heterocycles. The maximum Gasteiger partial charge on any atom is 0.271 e. The van der Waals surface area contributed by atoms with E-state index in [4.69, 9.17) is 23.2 Å². The molecule has 0 aliphatic carbocycles. The molecule has 0 saturated carbocycles. The van der Waals surface area contributed by atoms with Gasteiger partial charge in [0.15, 0.2) is 0 Å². The molecule has 38 heavy (non-hydrogen) atoms. The summed E-state index contributed by atoms with van der Waals surface area (Å²) >= 11 is 12.2. The van der Waals surface area contributed by atoms with E-state index in [1.807, 2.05) is 0 Å². The zero-order valence-corrected chi connectivity index (χ0v) is 22.0. The highest BCUT2D eigenvalue weighted by Crippen LogP contribution is 2.26. The van der Waals surface area contributed by atoms with Gasteiger partial charge in [0, 0.05) is 24.8 Å². The molecule has 1 saturated heterocycles. The van der Waals surface area contributed by atoms with Gasteiger partial charge in [0.2, 0.25) is 15.9 Å². The Balaban J connectivity index is 1.39. The largest absolute Gasteiger partial charge is 0.347 e. The van der Waals surface area contributed by atoms with Crippen molar-refractivity contribution in [2.45, 2.75) is 17.4 Å². The molecule has 1 fully saturated rings. The van der Waals surface area contributed by atoms with Crippen LogP contribution in [0.15, 0.2) is 66.2 Å². The van der Waals surface area contributed by atoms with Gasteiger partial charge < -0.3 is 16.0 Å². The topological polar surface area (TPSA) is 153 Å². The highest BCUT2D eigenvalue weighted by atomic mass is 35.5. The molecule has 0 spiro atoms. The molecule has 2 heterocycles. The molecule has 1 aromatic heterocycles. The Morgan fingerprint density at radius 1 is 1.05 bits per heavy atom. The number of carbonyl (C=O) groups excluding carboxylic acids is 3. The number of amides is 3. The van der Waals surface area contributed by atoms with Crippen molar-refractivity contribution in [3.63, 3.8) is 0 Å². The van der Waals surface area contributed by atoms with Gasteiger partial charge in [0.05, 0.1) is 32.4 Å². The number of hydrogen-bond donors (Lipinski definition) is 4. The summed E-state index contributed by atoms with van der Waals surface area (Å²) in [5, 5.41) is 14.6. The first-order valence-electron chi connectivity index (χ1n) is 11.2. The Hall–Kier alpha value is -3.71. The second-order valence-corrected chi connectivity index (χ2v) is 11.0. The number of H-pyrrole nitrogens is 1. The van der Waals surface area contributed by atoms with E-state index in [-0.39, 0.29) is 45.0 Å². The van der Waals surface area contributed by atoms with Crippen molar-refractivity contribution in [2.24, 2.45) is 0 Å². The summed E-state index contributed by atoms with van der Waals surface area (Å²) < 4.78 is 27.4. The van der Waals surface area contributed by atoms with Gasteiger partial charge in [-0.3, -0.25) is 19.5 Å². The smallest absolute Gasteiger partial charge is 0.271 e. The van der Waals surface area contributed by atoms with Crippen molar-refractivity contribution in [2.75, 3.05) is 23.7 Å². The molecular formula is C24H22Cl2N6O5S. The van der Waals surface area contributed by atoms with E-state index >= 15 is 0 Å². The number of anilines is 2. The quantitative estimate of drug-likeness (QED) is 0.302. The maximum atomic E-state index is 13.1. The second kappa shape index (κ2) is 11.4. The highest BCUT2D eigenvalue weighted by Gasteiger charge is 2.34. The summed E-state index contributed by atoms with van der Waals surface area (Å²) in [6.45, 7) is 3.61. The molecule has 0 radical (unpaired) electrons. The van der Waals surface area contributed by atoms with Gasteiger partial charge in [-0.25, -0.2) is 8.42 Å². The van der Waals surface area contributed by atoms with E-state index in [0.29, 0.717) is 12.1 Å². The van der Waals surface area contributed by atoms with Gasteiger partial charge in [-0.1, -0.05) is 35.8 Å². The lowest BCUT2D eigenvalue weighted by atomic mass is 10.2. The van der Waals surface area contributed by atoms with Crippen molar-refractivity contribution >= 4 is 62.3 Å². The predicted molar refractivity (Wildman–Crippen MR) is 143 cm³/mol. The SMILES string of the molecule is C=CC(=O)Nc1ccc(S(=O)(=O)N2CC[C@@H](NC(=O)c3[nH]ncc3NC(=O)c3c(Cl)cccc3Cl)C2)cc1. The second-order valence-electron chi connectivity index (χ2n) is 8.25. The molecule has 3 amide bonds. The standard InChI is InChI=1S/C24H22Cl2N6O5S/c1-2-20(33)28-14-6-8-16(9-7-14)38(36,37)32-11-10-15(13-32)29-24(35)22-19(12-27-31-22)30-23(34)21-17(25)4-3-5-18(21)26/h2-9,12,15H,1,10-11,13H2,(H,27,31)(H,28,33)(H,29,35)(H,30,34)/t15-/m1/s1. The summed E-state index contributed by atoms with van der Waals surface area (Å²) in [5.41, 5.74) is 0.574. The normalized spacial score (nSPS) is 15.6. The van der Waals surface area contributed by atoms with E-state index in [9.17, 15) is 22.8 Å². The summed E-state index contributed by atoms with van der Waals surface area (Å²) in [4.78, 5) is 37.1. The molecule has 0 bridgehead atoms. The Morgan fingerprint density at radius 2 is 1.74 bits per heavy atom. The Morgan fingerprint density at radius 3 is 2.39 bits per heavy atom. The van der Waals surface area contributed by atoms with Crippen LogP contribution in [-0.2, 0) is 14.8 Å². The predicted octanol–water partition coefficient (Wildman–Crippen LogP) is 3.29. The number of nitrogens with one attached hydrogen (secondary N) is 4. The van der Waals surface area contributed by atoms with Crippen molar-refractivity contribution in [1.82, 2.24) is 19.8 Å². The number of sulfonamides is 1. The Labute approximate surface area is 228 Å². The fourth-order valence-electron chi connectivity index (χ4n) is 3.83. The van der Waals surface area contributed by atoms with Crippen LogP contribution in [0.1, 0.15) is 27.3 Å². The summed E-state index contributed by atoms with van der Waals surface area (Å²) in [6.07, 6.45) is 2.76. The van der Waals surface area contributed by atoms with Gasteiger partial charge >= 0.3 is 0 Å². The van der Waals surface area contributed by atoms with Crippen LogP contribution in [0.25, 0.3) is 0 Å². The number of hydrogen-bond acceptors (Lipinski definition) is 6. The van der Waals surface area contributed by atoms with E-state index in [1.165, 1.54) is 46.9 Å². The lowest BCUT2D eigenvalue weighted by Gasteiger charge is -2.17. The van der Waals surface area contributed by atoms with Crippen LogP contribution in [0.2, 0.25) is 10.0 Å². The zero-order chi connectivity index (χ0) is 27.4. The molecule has 198 valence electrons. The minimum atomic E-state index is -3.83. The van der Waals surface area contributed by atoms with Crippen LogP contribution < -0.4 is 16.0 Å². The first-order valence-corrected chi connectivity index (χ1v) is 13.4. The number of aromatic nitrogens is 2. The fraction of sp³-hybridized carbons (Fsp3) is 0.167. The number of aromatic amines is 1. The number of rotatable bonds is 8. The Kier molecular flexibility index (Phi) is 8.17. The summed E-state index contributed by atoms with van der Waals surface area (Å²) in [5.74, 6) is -1.61. The molecule has 2 aromatic carbocycles. The molecule has 4 rings (SSSR count). The molecule has 0 unspecified atom stereocenters. The zero-order valence-electron chi connectivity index (χ0n) is 19.7. The molecule has 11 nitrogen and oxygen atoms in total. The summed E-state index contributed by atoms with van der Waals surface area (Å²) in [7, 11) is -3.83. The lowest BCUT2D eigenvalue weighted by molar-refractivity contribution is -0.111. The van der Waals surface area contributed by atoms with Crippen molar-refractivity contribution in [3.8, 4) is 0 Å². The molecule has 3 aromatic rings. The lowest BCUT2D eigenvalue weighted by Crippen LogP contribution is -2.39. The van der Waals surface area contributed by atoms with Gasteiger partial charge in [-0.2, -0.15) is 9.40 Å². The van der Waals surface area contributed by atoms with Gasteiger partial charge in [-0.05, 0) is 48.9 Å². The van der Waals surface area contributed by atoms with Crippen molar-refractivity contribution in [1.29, 1.82) is 0 Å². The van der Waals surface area contributed by atoms with E-state index in [2.05, 4.69) is 32.7 Å². The van der Waals surface area contributed by atoms with E-state index in [1.54, 1.807) is 6.07 Å². The third kappa shape index (κ3) is 5.89. The van der Waals surface area contributed by atoms with Crippen LogP contribution >= 0.6 is 23.2 Å². The van der Waals surface area contributed by atoms with E-state index < -0.39 is 33.8 Å². The molecule has 14 heteroatoms. The summed E-state index contributed by atoms with van der Waals surface area (Å²) in [6, 6.07) is 9.90. The van der Waals surface area contributed by atoms with E-state index in [0.717, 1.165) is 6.08 Å². The van der Waals surface area contributed by atoms with Crippen molar-refractivity contribution in [3.05, 3.63) is 82.6 Å². The number of benzene rings is 2. The number of halogens is 2. The molecular weight excluding hydrogens is 555 g/mol. The first kappa shape index (κ1) is 27.3. The van der Waals surface area contributed by atoms with Gasteiger partial charge in [0.25, 0.3) is 11.8 Å². The third-order valence-electron chi connectivity index (χ3n) is 5.74. The minimum Gasteiger partial charge on any atom is -0.347 e. The average molecular weight is 577 g/mol. The molecule has 4 N–H and O–H groups in total. The third-order valence-corrected chi connectivity index (χ3v) is 8.24. The molecule has 1 aliphatic rings. The number of nitrogens with zero attached hydrogens (tertiary/aromatic N) is 2. The van der Waals surface area contributed by atoms with Crippen LogP contribution in [0.4, 0.5) is 11.4 Å². The monoisotopic (exact) mass is 576 g/mol. The highest BCUT2D eigenvalue weighted by molar-refractivity contribution is 7.89. The average Bonchev–Trinajstić information content (AvgIpc) is 3.54. The van der Waals surface area contributed by atoms with Crippen molar-refractivity contribution < 1.29 is 22.8 Å². The number of carbonyl (C=O) groups is 3. The van der Waals surface area contributed by atoms with Crippen LogP contribution in [-0.4, -0.2) is 59.8 Å². The fourth-order valence-corrected chi connectivity index (χ4v) is 5.90. The van der Waals surface area contributed by atoms with Gasteiger partial charge in [0.1, 0.15) is 5.69 Å². The van der Waals surface area contributed by atoms with Crippen LogP contribution in [0, 0.1) is 0 Å². The van der Waals surface area contributed by atoms with Crippen LogP contribution in [0.5, 0.6) is 0 Å². The maximum absolute atomic E-state index is 13.1. The van der Waals surface area contributed by atoms with Gasteiger partial charge in [-0.15, -0.1) is 0 Å². The Bertz CT molecular complexity index is 1490. The minimum absolute atomic E-state index is 0.0139.